The molecule has 194 valence electrons. The van der Waals surface area contributed by atoms with Crippen LogP contribution in [0.4, 0.5) is 5.69 Å². The van der Waals surface area contributed by atoms with E-state index >= 15 is 0 Å². The quantitative estimate of drug-likeness (QED) is 0.229. The molecule has 3 aromatic rings. The lowest BCUT2D eigenvalue weighted by molar-refractivity contribution is -0.133. The number of nitrogens with one attached hydrogen (secondary N) is 3. The van der Waals surface area contributed by atoms with Gasteiger partial charge in [-0.05, 0) is 41.3 Å². The number of hydrogen-bond acceptors (Lipinski definition) is 5. The molecule has 5 N–H and O–H groups in total. The van der Waals surface area contributed by atoms with Crippen molar-refractivity contribution in [2.24, 2.45) is 5.92 Å². The van der Waals surface area contributed by atoms with Gasteiger partial charge in [0.2, 0.25) is 17.7 Å². The third kappa shape index (κ3) is 8.27. The van der Waals surface area contributed by atoms with Crippen molar-refractivity contribution in [3.63, 3.8) is 0 Å². The predicted molar refractivity (Wildman–Crippen MR) is 144 cm³/mol. The van der Waals surface area contributed by atoms with Crippen molar-refractivity contribution in [1.29, 1.82) is 0 Å². The maximum absolute atomic E-state index is 12.9. The topological polar surface area (TPSA) is 128 Å². The van der Waals surface area contributed by atoms with Crippen LogP contribution in [0.3, 0.4) is 0 Å². The van der Waals surface area contributed by atoms with Crippen LogP contribution in [0.1, 0.15) is 18.4 Å². The van der Waals surface area contributed by atoms with Crippen molar-refractivity contribution < 1.29 is 24.6 Å². The molecule has 0 saturated heterocycles. The molecule has 0 fully saturated rings. The number of amides is 3. The second-order valence-corrected chi connectivity index (χ2v) is 8.86. The Morgan fingerprint density at radius 3 is 2.22 bits per heavy atom. The average Bonchev–Trinajstić information content (AvgIpc) is 2.91. The molecule has 8 heteroatoms. The summed E-state index contributed by atoms with van der Waals surface area (Å²) >= 11 is 0. The normalized spacial score (nSPS) is 13.2. The van der Waals surface area contributed by atoms with Crippen LogP contribution in [0.25, 0.3) is 10.8 Å². The van der Waals surface area contributed by atoms with Gasteiger partial charge >= 0.3 is 0 Å². The van der Waals surface area contributed by atoms with Gasteiger partial charge in [0.25, 0.3) is 0 Å². The van der Waals surface area contributed by atoms with Gasteiger partial charge in [0.05, 0.1) is 25.2 Å². The fourth-order valence-corrected chi connectivity index (χ4v) is 4.03. The van der Waals surface area contributed by atoms with Crippen LogP contribution >= 0.6 is 0 Å². The third-order valence-electron chi connectivity index (χ3n) is 6.00. The Hall–Kier alpha value is -4.01. The number of hydrogen-bond donors (Lipinski definition) is 5. The molecule has 0 bridgehead atoms. The first-order valence-electron chi connectivity index (χ1n) is 12.2. The predicted octanol–water partition coefficient (Wildman–Crippen LogP) is 2.56. The number of aliphatic hydroxyl groups is 2. The molecule has 0 aliphatic rings. The minimum Gasteiger partial charge on any atom is -0.394 e. The number of allylic oxidation sites excluding steroid dienone is 1. The summed E-state index contributed by atoms with van der Waals surface area (Å²) in [5.41, 5.74) is 1.50. The van der Waals surface area contributed by atoms with Gasteiger partial charge in [0, 0.05) is 12.1 Å². The highest BCUT2D eigenvalue weighted by atomic mass is 16.3. The minimum absolute atomic E-state index is 0.159. The maximum atomic E-state index is 12.9. The van der Waals surface area contributed by atoms with E-state index in [9.17, 15) is 24.6 Å². The van der Waals surface area contributed by atoms with Gasteiger partial charge in [-0.1, -0.05) is 66.7 Å². The Bertz CT molecular complexity index is 1210. The standard InChI is InChI=1S/C29H33N3O5/c1-2-8-23(17-27(35)30-25(18-33)15-20-9-4-3-5-10-20)28(36)32-26(19-34)29(37)31-24-14-13-21-11-6-7-12-22(21)16-24/h2-7,9-14,16,23,25-26,33-34H,1,8,15,17-19H2,(H,30,35)(H,31,37)(H,32,36)/t23-,25-,26-/m0/s1. The molecule has 0 aliphatic heterocycles. The summed E-state index contributed by atoms with van der Waals surface area (Å²) in [6.45, 7) is 2.80. The van der Waals surface area contributed by atoms with Crippen molar-refractivity contribution in [2.45, 2.75) is 31.3 Å². The molecule has 0 spiro atoms. The van der Waals surface area contributed by atoms with E-state index in [0.717, 1.165) is 16.3 Å². The van der Waals surface area contributed by atoms with Crippen LogP contribution < -0.4 is 16.0 Å². The molecule has 0 saturated carbocycles. The summed E-state index contributed by atoms with van der Waals surface area (Å²) in [6.07, 6.45) is 2.01. The van der Waals surface area contributed by atoms with E-state index in [1.54, 1.807) is 12.1 Å². The van der Waals surface area contributed by atoms with Gasteiger partial charge in [0.1, 0.15) is 6.04 Å². The van der Waals surface area contributed by atoms with Gasteiger partial charge in [-0.2, -0.15) is 0 Å². The van der Waals surface area contributed by atoms with E-state index < -0.39 is 42.3 Å². The molecule has 0 aliphatic carbocycles. The molecular weight excluding hydrogens is 470 g/mol. The van der Waals surface area contributed by atoms with E-state index in [0.29, 0.717) is 12.1 Å². The largest absolute Gasteiger partial charge is 0.394 e. The van der Waals surface area contributed by atoms with Gasteiger partial charge in [-0.3, -0.25) is 14.4 Å². The molecule has 3 rings (SSSR count). The summed E-state index contributed by atoms with van der Waals surface area (Å²) < 4.78 is 0. The highest BCUT2D eigenvalue weighted by Crippen LogP contribution is 2.19. The molecule has 3 aromatic carbocycles. The monoisotopic (exact) mass is 503 g/mol. The van der Waals surface area contributed by atoms with Crippen LogP contribution in [-0.2, 0) is 20.8 Å². The highest BCUT2D eigenvalue weighted by Gasteiger charge is 2.27. The van der Waals surface area contributed by atoms with Crippen LogP contribution in [0.2, 0.25) is 0 Å². The SMILES string of the molecule is C=CC[C@@H](CC(=O)N[C@H](CO)Cc1ccccc1)C(=O)N[C@@H](CO)C(=O)Nc1ccc2ccccc2c1. The second-order valence-electron chi connectivity index (χ2n) is 8.86. The van der Waals surface area contributed by atoms with Crippen molar-refractivity contribution in [2.75, 3.05) is 18.5 Å². The highest BCUT2D eigenvalue weighted by molar-refractivity contribution is 5.99. The smallest absolute Gasteiger partial charge is 0.249 e. The summed E-state index contributed by atoms with van der Waals surface area (Å²) in [5, 5.41) is 29.5. The molecule has 3 atom stereocenters. The van der Waals surface area contributed by atoms with E-state index in [4.69, 9.17) is 0 Å². The number of benzene rings is 3. The van der Waals surface area contributed by atoms with Gasteiger partial charge in [-0.25, -0.2) is 0 Å². The third-order valence-corrected chi connectivity index (χ3v) is 6.00. The molecular formula is C29H33N3O5. The van der Waals surface area contributed by atoms with Gasteiger partial charge < -0.3 is 26.2 Å². The van der Waals surface area contributed by atoms with E-state index in [1.807, 2.05) is 60.7 Å². The first-order chi connectivity index (χ1) is 17.9. The lowest BCUT2D eigenvalue weighted by Crippen LogP contribution is -2.49. The summed E-state index contributed by atoms with van der Waals surface area (Å²) in [5.74, 6) is -2.32. The van der Waals surface area contributed by atoms with E-state index in [1.165, 1.54) is 6.08 Å². The van der Waals surface area contributed by atoms with Crippen LogP contribution in [0.5, 0.6) is 0 Å². The number of anilines is 1. The zero-order valence-electron chi connectivity index (χ0n) is 20.6. The fraction of sp³-hybridized carbons (Fsp3) is 0.276. The van der Waals surface area contributed by atoms with Crippen molar-refractivity contribution in [1.82, 2.24) is 10.6 Å². The Labute approximate surface area is 216 Å². The second kappa shape index (κ2) is 13.9. The minimum atomic E-state index is -1.20. The molecule has 0 heterocycles. The first-order valence-corrected chi connectivity index (χ1v) is 12.2. The molecule has 3 amide bonds. The van der Waals surface area contributed by atoms with Crippen LogP contribution in [-0.4, -0.2) is 53.2 Å². The zero-order valence-corrected chi connectivity index (χ0v) is 20.6. The molecule has 0 aromatic heterocycles. The maximum Gasteiger partial charge on any atom is 0.249 e. The number of rotatable bonds is 13. The first kappa shape index (κ1) is 27.6. The van der Waals surface area contributed by atoms with Crippen molar-refractivity contribution in [3.8, 4) is 0 Å². The Kier molecular flexibility index (Phi) is 10.4. The number of aliphatic hydroxyl groups excluding tert-OH is 2. The number of carbonyl (C=O) groups is 3. The van der Waals surface area contributed by atoms with Gasteiger partial charge in [-0.15, -0.1) is 6.58 Å². The van der Waals surface area contributed by atoms with Crippen molar-refractivity contribution >= 4 is 34.2 Å². The van der Waals surface area contributed by atoms with E-state index in [2.05, 4.69) is 22.5 Å². The Morgan fingerprint density at radius 2 is 1.54 bits per heavy atom. The Balaban J connectivity index is 1.58. The number of carbonyl (C=O) groups excluding carboxylic acids is 3. The van der Waals surface area contributed by atoms with E-state index in [-0.39, 0.29) is 19.4 Å². The Morgan fingerprint density at radius 1 is 0.838 bits per heavy atom. The van der Waals surface area contributed by atoms with Crippen LogP contribution in [0, 0.1) is 5.92 Å². The molecule has 8 nitrogen and oxygen atoms in total. The zero-order chi connectivity index (χ0) is 26.6. The summed E-state index contributed by atoms with van der Waals surface area (Å²) in [7, 11) is 0. The van der Waals surface area contributed by atoms with Crippen molar-refractivity contribution in [3.05, 3.63) is 91.0 Å². The molecule has 0 radical (unpaired) electrons. The average molecular weight is 504 g/mol. The van der Waals surface area contributed by atoms with Gasteiger partial charge in [0.15, 0.2) is 0 Å². The summed E-state index contributed by atoms with van der Waals surface area (Å²) in [4.78, 5) is 38.4. The summed E-state index contributed by atoms with van der Waals surface area (Å²) in [6, 6.07) is 20.9. The molecule has 37 heavy (non-hydrogen) atoms. The molecule has 0 unspecified atom stereocenters. The number of fused-ring (bicyclic) bond motifs is 1. The fourth-order valence-electron chi connectivity index (χ4n) is 4.03. The van der Waals surface area contributed by atoms with Crippen LogP contribution in [0.15, 0.2) is 85.5 Å². The lowest BCUT2D eigenvalue weighted by atomic mass is 9.98. The lowest BCUT2D eigenvalue weighted by Gasteiger charge is -2.22.